The number of nitriles is 1. The molecule has 2 saturated heterocycles. The lowest BCUT2D eigenvalue weighted by Gasteiger charge is -2.32. The molecule has 0 radical (unpaired) electrons. The number of hydrogen-bond donors (Lipinski definition) is 0. The maximum absolute atomic E-state index is 9.19. The Hall–Kier alpha value is -1.61. The summed E-state index contributed by atoms with van der Waals surface area (Å²) in [6.07, 6.45) is 3.22. The highest BCUT2D eigenvalue weighted by Crippen LogP contribution is 2.23. The summed E-state index contributed by atoms with van der Waals surface area (Å²) in [5.41, 5.74) is 1.24. The number of piperidine rings is 1. The Bertz CT molecular complexity index is 592. The summed E-state index contributed by atoms with van der Waals surface area (Å²) in [5.74, 6) is 1.19. The normalized spacial score (nSPS) is 22.8. The number of nitrogens with zero attached hydrogens (tertiary/aromatic N) is 4. The first kappa shape index (κ1) is 19.2. The van der Waals surface area contributed by atoms with E-state index in [1.54, 1.807) is 0 Å². The molecule has 5 heteroatoms. The number of piperazine rings is 1. The second kappa shape index (κ2) is 9.91. The predicted octanol–water partition coefficient (Wildman–Crippen LogP) is 2.44. The molecule has 2 heterocycles. The smallest absolute Gasteiger partial charge is 0.123 e. The van der Waals surface area contributed by atoms with Crippen LogP contribution in [0.3, 0.4) is 0 Å². The molecule has 1 aromatic rings. The third-order valence-corrected chi connectivity index (χ3v) is 5.53. The van der Waals surface area contributed by atoms with E-state index in [1.165, 1.54) is 31.7 Å². The van der Waals surface area contributed by atoms with Crippen molar-refractivity contribution in [2.75, 3.05) is 59.5 Å². The minimum atomic E-state index is 0.181. The van der Waals surface area contributed by atoms with Crippen molar-refractivity contribution in [3.8, 4) is 11.8 Å². The van der Waals surface area contributed by atoms with Gasteiger partial charge in [-0.2, -0.15) is 5.26 Å². The van der Waals surface area contributed by atoms with Gasteiger partial charge in [-0.05, 0) is 38.9 Å². The zero-order valence-corrected chi connectivity index (χ0v) is 16.1. The number of likely N-dealkylation sites (tertiary alicyclic amines) is 1. The molecule has 1 aromatic carbocycles. The van der Waals surface area contributed by atoms with E-state index in [9.17, 15) is 5.26 Å². The fourth-order valence-corrected chi connectivity index (χ4v) is 3.86. The first-order valence-electron chi connectivity index (χ1n) is 9.98. The third-order valence-electron chi connectivity index (χ3n) is 5.53. The maximum Gasteiger partial charge on any atom is 0.123 e. The highest BCUT2D eigenvalue weighted by Gasteiger charge is 2.20. The summed E-state index contributed by atoms with van der Waals surface area (Å²) in [4.78, 5) is 7.32. The van der Waals surface area contributed by atoms with Gasteiger partial charge in [0.05, 0.1) is 18.6 Å². The van der Waals surface area contributed by atoms with E-state index in [-0.39, 0.29) is 5.92 Å². The van der Waals surface area contributed by atoms with Gasteiger partial charge in [0.2, 0.25) is 0 Å². The van der Waals surface area contributed by atoms with Crippen LogP contribution in [0.25, 0.3) is 0 Å². The molecule has 2 aliphatic heterocycles. The van der Waals surface area contributed by atoms with E-state index in [0.717, 1.165) is 57.8 Å². The molecule has 0 aliphatic carbocycles. The van der Waals surface area contributed by atoms with Gasteiger partial charge in [0.25, 0.3) is 0 Å². The summed E-state index contributed by atoms with van der Waals surface area (Å²) in [6, 6.07) is 10.8. The van der Waals surface area contributed by atoms with Crippen molar-refractivity contribution in [2.24, 2.45) is 5.92 Å². The van der Waals surface area contributed by atoms with Gasteiger partial charge in [0.1, 0.15) is 5.75 Å². The van der Waals surface area contributed by atoms with Crippen molar-refractivity contribution < 1.29 is 4.74 Å². The zero-order valence-electron chi connectivity index (χ0n) is 16.1. The molecule has 0 aromatic heterocycles. The molecule has 5 nitrogen and oxygen atoms in total. The molecule has 26 heavy (non-hydrogen) atoms. The lowest BCUT2D eigenvalue weighted by molar-refractivity contribution is 0.145. The number of rotatable bonds is 7. The van der Waals surface area contributed by atoms with E-state index < -0.39 is 0 Å². The van der Waals surface area contributed by atoms with Crippen LogP contribution in [0.5, 0.6) is 5.75 Å². The van der Waals surface area contributed by atoms with Crippen LogP contribution in [0, 0.1) is 17.2 Å². The van der Waals surface area contributed by atoms with E-state index in [1.807, 2.05) is 6.07 Å². The average Bonchev–Trinajstić information content (AvgIpc) is 2.68. The van der Waals surface area contributed by atoms with Crippen LogP contribution in [0.2, 0.25) is 0 Å². The van der Waals surface area contributed by atoms with Crippen molar-refractivity contribution in [1.82, 2.24) is 14.7 Å². The van der Waals surface area contributed by atoms with Gasteiger partial charge >= 0.3 is 0 Å². The molecular formula is C21H32N4O. The Morgan fingerprint density at radius 3 is 2.73 bits per heavy atom. The van der Waals surface area contributed by atoms with Gasteiger partial charge in [-0.1, -0.05) is 18.2 Å². The molecule has 0 amide bonds. The number of para-hydroxylation sites is 1. The van der Waals surface area contributed by atoms with Crippen LogP contribution in [0.1, 0.15) is 24.8 Å². The quantitative estimate of drug-likeness (QED) is 0.702. The summed E-state index contributed by atoms with van der Waals surface area (Å²) < 4.78 is 6.12. The van der Waals surface area contributed by atoms with Crippen molar-refractivity contribution >= 4 is 0 Å². The standard InChI is InChI=1S/C21H32N4O/c1-23-11-13-24(14-12-23)10-5-15-26-21-8-3-2-7-20(21)18-25-9-4-6-19(16-22)17-25/h2-3,7-8,19H,4-6,9-15,17-18H2,1H3. The number of hydrogen-bond acceptors (Lipinski definition) is 5. The van der Waals surface area contributed by atoms with Gasteiger partial charge in [-0.15, -0.1) is 0 Å². The SMILES string of the molecule is CN1CCN(CCCOc2ccccc2CN2CCCC(C#N)C2)CC1. The van der Waals surface area contributed by atoms with Gasteiger partial charge in [-0.25, -0.2) is 0 Å². The van der Waals surface area contributed by atoms with Crippen LogP contribution in [-0.4, -0.2) is 74.2 Å². The molecule has 142 valence electrons. The Morgan fingerprint density at radius 1 is 1.12 bits per heavy atom. The van der Waals surface area contributed by atoms with Crippen LogP contribution in [0.4, 0.5) is 0 Å². The van der Waals surface area contributed by atoms with Crippen molar-refractivity contribution in [3.05, 3.63) is 29.8 Å². The van der Waals surface area contributed by atoms with E-state index in [4.69, 9.17) is 4.74 Å². The van der Waals surface area contributed by atoms with E-state index in [2.05, 4.69) is 46.0 Å². The Labute approximate surface area is 158 Å². The molecule has 0 N–H and O–H groups in total. The first-order valence-corrected chi connectivity index (χ1v) is 9.98. The molecule has 2 fully saturated rings. The van der Waals surface area contributed by atoms with Crippen molar-refractivity contribution in [3.63, 3.8) is 0 Å². The highest BCUT2D eigenvalue weighted by atomic mass is 16.5. The first-order chi connectivity index (χ1) is 12.7. The number of ether oxygens (including phenoxy) is 1. The minimum absolute atomic E-state index is 0.181. The van der Waals surface area contributed by atoms with Gasteiger partial charge in [0.15, 0.2) is 0 Å². The second-order valence-electron chi connectivity index (χ2n) is 7.66. The topological polar surface area (TPSA) is 42.7 Å². The molecule has 1 atom stereocenters. The van der Waals surface area contributed by atoms with Crippen LogP contribution < -0.4 is 4.74 Å². The molecule has 0 spiro atoms. The summed E-state index contributed by atoms with van der Waals surface area (Å²) in [6.45, 7) is 9.41. The number of likely N-dealkylation sites (N-methyl/N-ethyl adjacent to an activating group) is 1. The Balaban J connectivity index is 1.44. The second-order valence-corrected chi connectivity index (χ2v) is 7.66. The lowest BCUT2D eigenvalue weighted by atomic mass is 9.99. The molecule has 2 aliphatic rings. The molecule has 0 bridgehead atoms. The van der Waals surface area contributed by atoms with Gasteiger partial charge in [-0.3, -0.25) is 4.90 Å². The highest BCUT2D eigenvalue weighted by molar-refractivity contribution is 5.33. The van der Waals surface area contributed by atoms with Crippen LogP contribution in [-0.2, 0) is 6.54 Å². The molecular weight excluding hydrogens is 324 g/mol. The number of benzene rings is 1. The zero-order chi connectivity index (χ0) is 18.2. The summed E-state index contributed by atoms with van der Waals surface area (Å²) >= 11 is 0. The van der Waals surface area contributed by atoms with Crippen molar-refractivity contribution in [2.45, 2.75) is 25.8 Å². The Kier molecular flexibility index (Phi) is 7.31. The maximum atomic E-state index is 9.19. The van der Waals surface area contributed by atoms with Gasteiger partial charge in [0, 0.05) is 51.4 Å². The minimum Gasteiger partial charge on any atom is -0.493 e. The third kappa shape index (κ3) is 5.70. The predicted molar refractivity (Wildman–Crippen MR) is 104 cm³/mol. The lowest BCUT2D eigenvalue weighted by Crippen LogP contribution is -2.44. The van der Waals surface area contributed by atoms with Gasteiger partial charge < -0.3 is 14.5 Å². The average molecular weight is 357 g/mol. The molecule has 3 rings (SSSR count). The van der Waals surface area contributed by atoms with E-state index in [0.29, 0.717) is 0 Å². The fourth-order valence-electron chi connectivity index (χ4n) is 3.86. The molecule has 0 saturated carbocycles. The van der Waals surface area contributed by atoms with E-state index >= 15 is 0 Å². The monoisotopic (exact) mass is 356 g/mol. The van der Waals surface area contributed by atoms with Crippen LogP contribution >= 0.6 is 0 Å². The van der Waals surface area contributed by atoms with Crippen molar-refractivity contribution in [1.29, 1.82) is 5.26 Å². The summed E-state index contributed by atoms with van der Waals surface area (Å²) in [5, 5.41) is 9.19. The fraction of sp³-hybridized carbons (Fsp3) is 0.667. The largest absolute Gasteiger partial charge is 0.493 e. The Morgan fingerprint density at radius 2 is 1.92 bits per heavy atom. The summed E-state index contributed by atoms with van der Waals surface area (Å²) in [7, 11) is 2.19. The van der Waals surface area contributed by atoms with Crippen LogP contribution in [0.15, 0.2) is 24.3 Å². The molecule has 1 unspecified atom stereocenters.